The van der Waals surface area contributed by atoms with Gasteiger partial charge in [0, 0.05) is 5.54 Å². The first-order valence-electron chi connectivity index (χ1n) is 1.35. The number of carbonyl (C=O) groups excluding carboxylic acids is 1. The molecule has 0 amide bonds. The van der Waals surface area contributed by atoms with Gasteiger partial charge in [-0.05, 0) is 0 Å². The molecule has 0 saturated heterocycles. The molecule has 0 spiro atoms. The summed E-state index contributed by atoms with van der Waals surface area (Å²) >= 11 is 9.70. The first kappa shape index (κ1) is 11.5. The van der Waals surface area contributed by atoms with E-state index in [9.17, 15) is 9.90 Å². The summed E-state index contributed by atoms with van der Waals surface area (Å²) in [7, 11) is 0. The fourth-order valence-corrected chi connectivity index (χ4v) is 0.134. The smallest absolute Gasteiger partial charge is 0.544 e. The molecule has 8 heavy (non-hydrogen) atoms. The third kappa shape index (κ3) is 4.86. The fourth-order valence-electron chi connectivity index (χ4n) is 0.0445. The molecule has 0 fully saturated rings. The first-order chi connectivity index (χ1) is 3.18. The van der Waals surface area contributed by atoms with Gasteiger partial charge in [-0.2, -0.15) is 0 Å². The molecule has 0 aliphatic carbocycles. The number of carboxylic acid groups (broad SMARTS) is 1. The molecule has 0 aliphatic heterocycles. The number of hydrogen-bond donors (Lipinski definition) is 0. The van der Waals surface area contributed by atoms with Crippen molar-refractivity contribution in [1.29, 1.82) is 0 Å². The van der Waals surface area contributed by atoms with E-state index in [1.807, 2.05) is 0 Å². The van der Waals surface area contributed by atoms with Gasteiger partial charge in [-0.1, -0.05) is 23.2 Å². The van der Waals surface area contributed by atoms with Crippen LogP contribution in [0.25, 0.3) is 0 Å². The first-order valence-corrected chi connectivity index (χ1v) is 2.17. The van der Waals surface area contributed by atoms with E-state index in [-0.39, 0.29) is 27.3 Å². The van der Waals surface area contributed by atoms with Gasteiger partial charge in [0.15, 0.2) is 0 Å². The van der Waals surface area contributed by atoms with Crippen LogP contribution in [0.5, 0.6) is 0 Å². The molecule has 0 rings (SSSR count). The van der Waals surface area contributed by atoms with Crippen LogP contribution in [0.15, 0.2) is 10.6 Å². The number of aliphatic carboxylic acids is 1. The van der Waals surface area contributed by atoms with Gasteiger partial charge < -0.3 is 9.90 Å². The van der Waals surface area contributed by atoms with Crippen LogP contribution in [0.1, 0.15) is 0 Å². The van der Waals surface area contributed by atoms with E-state index >= 15 is 0 Å². The molecule has 0 saturated carbocycles. The van der Waals surface area contributed by atoms with Crippen LogP contribution < -0.4 is 5.11 Å². The molecule has 0 aliphatic rings. The second-order valence-electron chi connectivity index (χ2n) is 0.745. The summed E-state index contributed by atoms with van der Waals surface area (Å²) in [5.41, 5.74) is 0.733. The zero-order valence-electron chi connectivity index (χ0n) is 3.73. The number of rotatable bonds is 1. The minimum atomic E-state index is -1.46. The van der Waals surface area contributed by atoms with Gasteiger partial charge in [-0.3, -0.25) is 0 Å². The van der Waals surface area contributed by atoms with Crippen molar-refractivity contribution >= 4 is 56.5 Å². The van der Waals surface area contributed by atoms with Crippen molar-refractivity contribution in [2.45, 2.75) is 0 Å². The van der Waals surface area contributed by atoms with Crippen molar-refractivity contribution in [3.05, 3.63) is 10.6 Å². The van der Waals surface area contributed by atoms with Gasteiger partial charge in [0.25, 0.3) is 0 Å². The summed E-state index contributed by atoms with van der Waals surface area (Å²) in [6.45, 7) is 0. The Balaban J connectivity index is 0. The zero-order valence-corrected chi connectivity index (χ0v) is 9.73. The average molecular weight is 344 g/mol. The normalized spacial score (nSPS) is 10.0. The van der Waals surface area contributed by atoms with Gasteiger partial charge in [-0.25, -0.2) is 0 Å². The molecule has 0 aromatic rings. The Labute approximate surface area is 76.6 Å². The Morgan fingerprint density at radius 2 is 2.00 bits per heavy atom. The SMILES string of the molecule is O=C([O-])C(Cl)=CCl.[Tl+]. The second kappa shape index (κ2) is 5.84. The summed E-state index contributed by atoms with van der Waals surface area (Å²) in [6.07, 6.45) is 0. The van der Waals surface area contributed by atoms with Crippen molar-refractivity contribution in [2.24, 2.45) is 0 Å². The Kier molecular flexibility index (Phi) is 8.40. The Bertz CT molecular complexity index is 112. The van der Waals surface area contributed by atoms with Crippen LogP contribution >= 0.6 is 23.2 Å². The molecule has 0 atom stereocenters. The summed E-state index contributed by atoms with van der Waals surface area (Å²) in [6, 6.07) is 0. The van der Waals surface area contributed by atoms with E-state index < -0.39 is 11.0 Å². The van der Waals surface area contributed by atoms with E-state index in [0.717, 1.165) is 5.54 Å². The summed E-state index contributed by atoms with van der Waals surface area (Å²) in [5, 5.41) is 9.05. The molecule has 0 aromatic heterocycles. The topological polar surface area (TPSA) is 40.1 Å². The molecule has 0 unspecified atom stereocenters. The van der Waals surface area contributed by atoms with E-state index in [4.69, 9.17) is 23.2 Å². The standard InChI is InChI=1S/C3H2Cl2O2.Tl/c4-1-2(5)3(6)7;/h1H,(H,6,7);/q;+1/p-1. The summed E-state index contributed by atoms with van der Waals surface area (Å²) in [5.74, 6) is -1.46. The maximum Gasteiger partial charge on any atom is 1.00 e. The third-order valence-corrected chi connectivity index (χ3v) is 0.884. The van der Waals surface area contributed by atoms with Gasteiger partial charge in [0.2, 0.25) is 0 Å². The van der Waals surface area contributed by atoms with Crippen molar-refractivity contribution in [3.8, 4) is 0 Å². The van der Waals surface area contributed by atoms with Crippen LogP contribution in [0.3, 0.4) is 0 Å². The Morgan fingerprint density at radius 3 is 2.00 bits per heavy atom. The summed E-state index contributed by atoms with van der Waals surface area (Å²) in [4.78, 5) is 9.53. The number of hydrogen-bond acceptors (Lipinski definition) is 2. The Hall–Kier alpha value is 0.712. The Morgan fingerprint density at radius 1 is 1.62 bits per heavy atom. The monoisotopic (exact) mass is 344 g/mol. The van der Waals surface area contributed by atoms with Crippen molar-refractivity contribution < 1.29 is 9.90 Å². The van der Waals surface area contributed by atoms with Crippen LogP contribution in [-0.2, 0) is 4.79 Å². The quantitative estimate of drug-likeness (QED) is 0.483. The molecule has 5 heteroatoms. The molecular weight excluding hydrogens is 343 g/mol. The number of carbonyl (C=O) groups is 1. The fraction of sp³-hybridized carbons (Fsp3) is 0. The predicted octanol–water partition coefficient (Wildman–Crippen LogP) is -0.326. The van der Waals surface area contributed by atoms with Crippen LogP contribution in [0.2, 0.25) is 0 Å². The summed E-state index contributed by atoms with van der Waals surface area (Å²) < 4.78 is 0. The molecule has 2 nitrogen and oxygen atoms in total. The maximum absolute atomic E-state index is 9.53. The van der Waals surface area contributed by atoms with Gasteiger partial charge in [-0.15, -0.1) is 0 Å². The third-order valence-electron chi connectivity index (χ3n) is 0.291. The van der Waals surface area contributed by atoms with E-state index in [1.54, 1.807) is 0 Å². The van der Waals surface area contributed by atoms with Gasteiger partial charge in [0.05, 0.1) is 11.0 Å². The number of carboxylic acids is 1. The van der Waals surface area contributed by atoms with E-state index in [0.29, 0.717) is 0 Å². The van der Waals surface area contributed by atoms with Crippen molar-refractivity contribution in [2.75, 3.05) is 0 Å². The van der Waals surface area contributed by atoms with Crippen molar-refractivity contribution in [1.82, 2.24) is 0 Å². The second-order valence-corrected chi connectivity index (χ2v) is 1.37. The van der Waals surface area contributed by atoms with Gasteiger partial charge >= 0.3 is 27.3 Å². The minimum absolute atomic E-state index is 0. The molecule has 0 heterocycles. The zero-order chi connectivity index (χ0) is 5.86. The molecule has 0 radical (unpaired) electrons. The number of halogens is 2. The molecule has 42 valence electrons. The maximum atomic E-state index is 9.53. The molecule has 0 aromatic carbocycles. The van der Waals surface area contributed by atoms with E-state index in [1.165, 1.54) is 0 Å². The predicted molar refractivity (Wildman–Crippen MR) is 30.5 cm³/mol. The van der Waals surface area contributed by atoms with Crippen LogP contribution in [-0.4, -0.2) is 33.3 Å². The van der Waals surface area contributed by atoms with Gasteiger partial charge in [0.1, 0.15) is 0 Å². The largest absolute Gasteiger partial charge is 1.00 e. The average Bonchev–Trinajstić information content (AvgIpc) is 1.65. The minimum Gasteiger partial charge on any atom is -0.544 e. The van der Waals surface area contributed by atoms with Crippen LogP contribution in [0, 0.1) is 0 Å². The molecule has 0 N–H and O–H groups in total. The molecule has 0 bridgehead atoms. The molecular formula is C3HCl2O2Tl. The van der Waals surface area contributed by atoms with Crippen molar-refractivity contribution in [3.63, 3.8) is 0 Å². The van der Waals surface area contributed by atoms with Crippen LogP contribution in [0.4, 0.5) is 0 Å². The van der Waals surface area contributed by atoms with E-state index in [2.05, 4.69) is 0 Å².